The molecule has 0 heterocycles. The van der Waals surface area contributed by atoms with Gasteiger partial charge in [0.25, 0.3) is 5.91 Å². The van der Waals surface area contributed by atoms with Crippen molar-refractivity contribution in [1.29, 1.82) is 0 Å². The van der Waals surface area contributed by atoms with E-state index < -0.39 is 12.0 Å². The average Bonchev–Trinajstić information content (AvgIpc) is 2.41. The van der Waals surface area contributed by atoms with E-state index in [1.807, 2.05) is 0 Å². The van der Waals surface area contributed by atoms with Crippen molar-refractivity contribution in [3.8, 4) is 5.75 Å². The van der Waals surface area contributed by atoms with Crippen LogP contribution in [0.3, 0.4) is 0 Å². The molecule has 0 saturated carbocycles. The van der Waals surface area contributed by atoms with Gasteiger partial charge in [-0.3, -0.25) is 10.2 Å². The van der Waals surface area contributed by atoms with Gasteiger partial charge in [0, 0.05) is 11.1 Å². The first kappa shape index (κ1) is 15.9. The van der Waals surface area contributed by atoms with Gasteiger partial charge < -0.3 is 15.2 Å². The van der Waals surface area contributed by atoms with Crippen molar-refractivity contribution in [2.45, 2.75) is 13.8 Å². The first-order chi connectivity index (χ1) is 9.42. The molecule has 1 aromatic rings. The fourth-order valence-corrected chi connectivity index (χ4v) is 1.74. The van der Waals surface area contributed by atoms with Gasteiger partial charge in [0.15, 0.2) is 0 Å². The average molecular weight is 302 g/mol. The Balaban J connectivity index is 2.98. The van der Waals surface area contributed by atoms with Crippen molar-refractivity contribution in [1.82, 2.24) is 10.9 Å². The van der Waals surface area contributed by atoms with E-state index in [0.717, 1.165) is 0 Å². The quantitative estimate of drug-likeness (QED) is 0.581. The SMILES string of the molecule is CCOC(=O)NNC(=O)c1c(C)c(Cl)cc(OC)c1N. The summed E-state index contributed by atoms with van der Waals surface area (Å²) < 4.78 is 9.64. The maximum atomic E-state index is 12.0. The molecule has 0 atom stereocenters. The molecule has 0 saturated heterocycles. The summed E-state index contributed by atoms with van der Waals surface area (Å²) in [6.45, 7) is 3.47. The van der Waals surface area contributed by atoms with Crippen molar-refractivity contribution in [2.75, 3.05) is 19.5 Å². The van der Waals surface area contributed by atoms with E-state index in [-0.39, 0.29) is 23.6 Å². The predicted octanol–water partition coefficient (Wildman–Crippen LogP) is 1.63. The fraction of sp³-hybridized carbons (Fsp3) is 0.333. The van der Waals surface area contributed by atoms with Gasteiger partial charge in [-0.25, -0.2) is 10.2 Å². The highest BCUT2D eigenvalue weighted by molar-refractivity contribution is 6.32. The van der Waals surface area contributed by atoms with E-state index in [0.29, 0.717) is 10.6 Å². The lowest BCUT2D eigenvalue weighted by Gasteiger charge is -2.15. The van der Waals surface area contributed by atoms with E-state index in [2.05, 4.69) is 15.6 Å². The Morgan fingerprint density at radius 2 is 2.05 bits per heavy atom. The monoisotopic (exact) mass is 301 g/mol. The largest absolute Gasteiger partial charge is 0.495 e. The van der Waals surface area contributed by atoms with Crippen molar-refractivity contribution < 1.29 is 19.1 Å². The second-order valence-electron chi connectivity index (χ2n) is 3.77. The molecular formula is C12H16ClN3O4. The molecule has 8 heteroatoms. The van der Waals surface area contributed by atoms with E-state index in [4.69, 9.17) is 22.1 Å². The molecule has 20 heavy (non-hydrogen) atoms. The number of carbonyl (C=O) groups is 2. The third kappa shape index (κ3) is 3.45. The predicted molar refractivity (Wildman–Crippen MR) is 74.8 cm³/mol. The summed E-state index contributed by atoms with van der Waals surface area (Å²) in [5.41, 5.74) is 10.9. The molecule has 0 aliphatic carbocycles. The lowest BCUT2D eigenvalue weighted by atomic mass is 10.1. The van der Waals surface area contributed by atoms with E-state index in [1.54, 1.807) is 13.8 Å². The standard InChI is InChI=1S/C12H16ClN3O4/c1-4-20-12(18)16-15-11(17)9-6(2)7(13)5-8(19-3)10(9)14/h5H,4,14H2,1-3H3,(H,15,17)(H,16,18). The topological polar surface area (TPSA) is 103 Å². The highest BCUT2D eigenvalue weighted by Gasteiger charge is 2.19. The van der Waals surface area contributed by atoms with Gasteiger partial charge in [-0.1, -0.05) is 11.6 Å². The number of halogens is 1. The molecule has 0 aliphatic heterocycles. The summed E-state index contributed by atoms with van der Waals surface area (Å²) in [7, 11) is 1.41. The number of hydrazine groups is 1. The normalized spacial score (nSPS) is 9.80. The molecule has 7 nitrogen and oxygen atoms in total. The number of amides is 2. The number of ether oxygens (including phenoxy) is 2. The summed E-state index contributed by atoms with van der Waals surface area (Å²) in [4.78, 5) is 23.1. The van der Waals surface area contributed by atoms with Crippen LogP contribution >= 0.6 is 11.6 Å². The molecular weight excluding hydrogens is 286 g/mol. The summed E-state index contributed by atoms with van der Waals surface area (Å²) in [5, 5.41) is 0.331. The summed E-state index contributed by atoms with van der Waals surface area (Å²) >= 11 is 6.00. The number of hydrogen-bond donors (Lipinski definition) is 3. The van der Waals surface area contributed by atoms with Crippen molar-refractivity contribution >= 4 is 29.3 Å². The third-order valence-electron chi connectivity index (χ3n) is 2.53. The van der Waals surface area contributed by atoms with Crippen LogP contribution in [-0.4, -0.2) is 25.7 Å². The summed E-state index contributed by atoms with van der Waals surface area (Å²) in [6.07, 6.45) is -0.772. The molecule has 0 aromatic heterocycles. The van der Waals surface area contributed by atoms with Crippen LogP contribution in [0.4, 0.5) is 10.5 Å². The zero-order valence-electron chi connectivity index (χ0n) is 11.4. The molecule has 0 spiro atoms. The molecule has 0 fully saturated rings. The summed E-state index contributed by atoms with van der Waals surface area (Å²) in [5.74, 6) is -0.337. The number of nitrogen functional groups attached to an aromatic ring is 1. The van der Waals surface area contributed by atoms with E-state index >= 15 is 0 Å². The zero-order chi connectivity index (χ0) is 15.3. The first-order valence-corrected chi connectivity index (χ1v) is 6.15. The van der Waals surface area contributed by atoms with Crippen LogP contribution in [0, 0.1) is 6.92 Å². The lowest BCUT2D eigenvalue weighted by Crippen LogP contribution is -2.42. The zero-order valence-corrected chi connectivity index (χ0v) is 12.1. The minimum Gasteiger partial charge on any atom is -0.495 e. The molecule has 0 radical (unpaired) electrons. The van der Waals surface area contributed by atoms with Crippen LogP contribution in [0.15, 0.2) is 6.07 Å². The molecule has 0 unspecified atom stereocenters. The molecule has 0 bridgehead atoms. The van der Waals surface area contributed by atoms with Crippen LogP contribution < -0.4 is 21.3 Å². The van der Waals surface area contributed by atoms with Crippen LogP contribution in [0.25, 0.3) is 0 Å². The van der Waals surface area contributed by atoms with Gasteiger partial charge in [-0.15, -0.1) is 0 Å². The van der Waals surface area contributed by atoms with E-state index in [1.165, 1.54) is 13.2 Å². The van der Waals surface area contributed by atoms with Crippen molar-refractivity contribution in [2.24, 2.45) is 0 Å². The van der Waals surface area contributed by atoms with Crippen LogP contribution in [-0.2, 0) is 4.74 Å². The second-order valence-corrected chi connectivity index (χ2v) is 4.18. The van der Waals surface area contributed by atoms with E-state index in [9.17, 15) is 9.59 Å². The molecule has 110 valence electrons. The van der Waals surface area contributed by atoms with Gasteiger partial charge in [0.2, 0.25) is 0 Å². The molecule has 1 aromatic carbocycles. The Bertz CT molecular complexity index is 534. The number of benzene rings is 1. The van der Waals surface area contributed by atoms with Crippen molar-refractivity contribution in [3.63, 3.8) is 0 Å². The van der Waals surface area contributed by atoms with Gasteiger partial charge >= 0.3 is 6.09 Å². The smallest absolute Gasteiger partial charge is 0.426 e. The van der Waals surface area contributed by atoms with Crippen LogP contribution in [0.5, 0.6) is 5.75 Å². The van der Waals surface area contributed by atoms with Crippen molar-refractivity contribution in [3.05, 3.63) is 22.2 Å². The minimum atomic E-state index is -0.772. The Hall–Kier alpha value is -2.15. The molecule has 0 aliphatic rings. The number of rotatable bonds is 3. The Kier molecular flexibility index (Phi) is 5.45. The summed E-state index contributed by atoms with van der Waals surface area (Å²) in [6, 6.07) is 1.52. The lowest BCUT2D eigenvalue weighted by molar-refractivity contribution is 0.0912. The number of anilines is 1. The molecule has 2 amide bonds. The first-order valence-electron chi connectivity index (χ1n) is 5.78. The molecule has 1 rings (SSSR count). The number of methoxy groups -OCH3 is 1. The van der Waals surface area contributed by atoms with Gasteiger partial charge in [-0.2, -0.15) is 0 Å². The van der Waals surface area contributed by atoms with Crippen LogP contribution in [0.1, 0.15) is 22.8 Å². The fourth-order valence-electron chi connectivity index (χ4n) is 1.54. The number of nitrogens with two attached hydrogens (primary N) is 1. The maximum absolute atomic E-state index is 12.0. The Morgan fingerprint density at radius 3 is 2.60 bits per heavy atom. The van der Waals surface area contributed by atoms with Crippen LogP contribution in [0.2, 0.25) is 5.02 Å². The maximum Gasteiger partial charge on any atom is 0.426 e. The van der Waals surface area contributed by atoms with Gasteiger partial charge in [0.1, 0.15) is 5.75 Å². The minimum absolute atomic E-state index is 0.131. The van der Waals surface area contributed by atoms with Gasteiger partial charge in [-0.05, 0) is 19.4 Å². The third-order valence-corrected chi connectivity index (χ3v) is 2.92. The number of nitrogens with one attached hydrogen (secondary N) is 2. The number of hydrogen-bond acceptors (Lipinski definition) is 5. The highest BCUT2D eigenvalue weighted by atomic mass is 35.5. The Morgan fingerprint density at radius 1 is 1.40 bits per heavy atom. The molecule has 4 N–H and O–H groups in total. The van der Waals surface area contributed by atoms with Gasteiger partial charge in [0.05, 0.1) is 25.0 Å². The second kappa shape index (κ2) is 6.85. The highest BCUT2D eigenvalue weighted by Crippen LogP contribution is 2.33. The number of carbonyl (C=O) groups excluding carboxylic acids is 2. The Labute approximate surface area is 121 Å².